The van der Waals surface area contributed by atoms with Crippen LogP contribution in [0.5, 0.6) is 0 Å². The zero-order chi connectivity index (χ0) is 10.6. The van der Waals surface area contributed by atoms with E-state index in [1.807, 2.05) is 0 Å². The van der Waals surface area contributed by atoms with E-state index in [1.54, 1.807) is 0 Å². The highest BCUT2D eigenvalue weighted by atomic mass is 32.2. The zero-order valence-electron chi connectivity index (χ0n) is 8.28. The molecule has 2 atom stereocenters. The highest BCUT2D eigenvalue weighted by Gasteiger charge is 2.24. The summed E-state index contributed by atoms with van der Waals surface area (Å²) in [4.78, 5) is 0. The standard InChI is InChI=1S/C8H19N3O2S/c9-5-7-3-1-2-4-8(7)6-11-14(10,12)13/h7-8,11H,1-6,9H2,(H2,10,12,13). The van der Waals surface area contributed by atoms with Crippen molar-refractivity contribution >= 4 is 10.2 Å². The maximum absolute atomic E-state index is 10.7. The third-order valence-electron chi connectivity index (χ3n) is 2.92. The lowest BCUT2D eigenvalue weighted by Gasteiger charge is -2.30. The summed E-state index contributed by atoms with van der Waals surface area (Å²) in [7, 11) is -3.55. The second-order valence-corrected chi connectivity index (χ2v) is 5.31. The first-order chi connectivity index (χ1) is 6.53. The van der Waals surface area contributed by atoms with Gasteiger partial charge in [-0.3, -0.25) is 0 Å². The van der Waals surface area contributed by atoms with Crippen molar-refractivity contribution in [2.24, 2.45) is 22.7 Å². The molecule has 0 radical (unpaired) electrons. The molecule has 1 aliphatic rings. The molecule has 0 spiro atoms. The summed E-state index contributed by atoms with van der Waals surface area (Å²) in [5, 5.41) is 4.87. The Morgan fingerprint density at radius 2 is 1.79 bits per heavy atom. The lowest BCUT2D eigenvalue weighted by Crippen LogP contribution is -2.39. The molecule has 0 amide bonds. The van der Waals surface area contributed by atoms with Crippen molar-refractivity contribution in [2.75, 3.05) is 13.1 Å². The molecule has 1 saturated carbocycles. The van der Waals surface area contributed by atoms with Gasteiger partial charge in [0.05, 0.1) is 0 Å². The van der Waals surface area contributed by atoms with Gasteiger partial charge in [-0.1, -0.05) is 12.8 Å². The van der Waals surface area contributed by atoms with Crippen LogP contribution in [0.4, 0.5) is 0 Å². The minimum atomic E-state index is -3.55. The average Bonchev–Trinajstić information content (AvgIpc) is 2.14. The lowest BCUT2D eigenvalue weighted by molar-refractivity contribution is 0.245. The SMILES string of the molecule is NCC1CCCCC1CNS(N)(=O)=O. The van der Waals surface area contributed by atoms with Crippen molar-refractivity contribution in [3.63, 3.8) is 0 Å². The molecule has 84 valence electrons. The van der Waals surface area contributed by atoms with E-state index in [-0.39, 0.29) is 0 Å². The summed E-state index contributed by atoms with van der Waals surface area (Å²) in [5.74, 6) is 0.796. The van der Waals surface area contributed by atoms with Gasteiger partial charge >= 0.3 is 0 Å². The van der Waals surface area contributed by atoms with Crippen molar-refractivity contribution in [3.8, 4) is 0 Å². The first-order valence-corrected chi connectivity index (χ1v) is 6.55. The van der Waals surface area contributed by atoms with Crippen LogP contribution in [0.1, 0.15) is 25.7 Å². The minimum absolute atomic E-state index is 0.354. The van der Waals surface area contributed by atoms with Crippen molar-refractivity contribution in [1.29, 1.82) is 0 Å². The largest absolute Gasteiger partial charge is 0.330 e. The highest BCUT2D eigenvalue weighted by Crippen LogP contribution is 2.28. The molecular weight excluding hydrogens is 202 g/mol. The molecule has 0 bridgehead atoms. The Balaban J connectivity index is 2.41. The zero-order valence-corrected chi connectivity index (χ0v) is 9.09. The lowest BCUT2D eigenvalue weighted by atomic mass is 9.79. The van der Waals surface area contributed by atoms with Gasteiger partial charge in [0.2, 0.25) is 0 Å². The number of hydrogen-bond acceptors (Lipinski definition) is 3. The van der Waals surface area contributed by atoms with Crippen molar-refractivity contribution < 1.29 is 8.42 Å². The van der Waals surface area contributed by atoms with E-state index in [2.05, 4.69) is 4.72 Å². The van der Waals surface area contributed by atoms with Gasteiger partial charge in [0.25, 0.3) is 10.2 Å². The summed E-state index contributed by atoms with van der Waals surface area (Å²) in [6.45, 7) is 1.07. The van der Waals surface area contributed by atoms with E-state index >= 15 is 0 Å². The number of nitrogens with two attached hydrogens (primary N) is 2. The second-order valence-electron chi connectivity index (χ2n) is 3.93. The minimum Gasteiger partial charge on any atom is -0.330 e. The Bertz CT molecular complexity index is 266. The van der Waals surface area contributed by atoms with E-state index in [0.29, 0.717) is 24.9 Å². The monoisotopic (exact) mass is 221 g/mol. The Morgan fingerprint density at radius 3 is 2.29 bits per heavy atom. The van der Waals surface area contributed by atoms with Gasteiger partial charge < -0.3 is 5.73 Å². The van der Waals surface area contributed by atoms with Gasteiger partial charge in [-0.25, -0.2) is 9.86 Å². The molecule has 0 saturated heterocycles. The molecule has 0 aromatic rings. The summed E-state index contributed by atoms with van der Waals surface area (Å²) >= 11 is 0. The number of nitrogens with one attached hydrogen (secondary N) is 1. The molecule has 14 heavy (non-hydrogen) atoms. The molecule has 6 heteroatoms. The molecule has 1 aliphatic carbocycles. The van der Waals surface area contributed by atoms with Crippen LogP contribution in [0.3, 0.4) is 0 Å². The molecule has 2 unspecified atom stereocenters. The topological polar surface area (TPSA) is 98.2 Å². The van der Waals surface area contributed by atoms with Gasteiger partial charge in [-0.15, -0.1) is 0 Å². The van der Waals surface area contributed by atoms with Gasteiger partial charge in [-0.2, -0.15) is 8.42 Å². The van der Waals surface area contributed by atoms with E-state index in [1.165, 1.54) is 6.42 Å². The van der Waals surface area contributed by atoms with Crippen LogP contribution in [0.25, 0.3) is 0 Å². The van der Waals surface area contributed by atoms with Gasteiger partial charge in [0.1, 0.15) is 0 Å². The highest BCUT2D eigenvalue weighted by molar-refractivity contribution is 7.87. The van der Waals surface area contributed by atoms with Crippen molar-refractivity contribution in [1.82, 2.24) is 4.72 Å². The van der Waals surface area contributed by atoms with Crippen LogP contribution in [0.2, 0.25) is 0 Å². The summed E-state index contributed by atoms with van der Waals surface area (Å²) in [5.41, 5.74) is 5.62. The third-order valence-corrected chi connectivity index (χ3v) is 3.48. The predicted molar refractivity (Wildman–Crippen MR) is 55.6 cm³/mol. The van der Waals surface area contributed by atoms with Crippen LogP contribution >= 0.6 is 0 Å². The van der Waals surface area contributed by atoms with Gasteiger partial charge in [0, 0.05) is 6.54 Å². The Kier molecular flexibility index (Phi) is 4.31. The fourth-order valence-corrected chi connectivity index (χ4v) is 2.53. The Labute approximate surface area is 85.4 Å². The Morgan fingerprint density at radius 1 is 1.21 bits per heavy atom. The molecule has 5 nitrogen and oxygen atoms in total. The van der Waals surface area contributed by atoms with Gasteiger partial charge in [0.15, 0.2) is 0 Å². The summed E-state index contributed by atoms with van der Waals surface area (Å²) < 4.78 is 23.8. The van der Waals surface area contributed by atoms with Crippen molar-refractivity contribution in [2.45, 2.75) is 25.7 Å². The van der Waals surface area contributed by atoms with Gasteiger partial charge in [-0.05, 0) is 31.2 Å². The molecule has 0 aromatic carbocycles. The fraction of sp³-hybridized carbons (Fsp3) is 1.00. The number of rotatable bonds is 4. The van der Waals surface area contributed by atoms with E-state index in [4.69, 9.17) is 10.9 Å². The van der Waals surface area contributed by atoms with E-state index in [0.717, 1.165) is 19.3 Å². The van der Waals surface area contributed by atoms with Crippen LogP contribution in [0, 0.1) is 11.8 Å². The fourth-order valence-electron chi connectivity index (χ4n) is 2.09. The number of hydrogen-bond donors (Lipinski definition) is 3. The first kappa shape index (κ1) is 11.9. The van der Waals surface area contributed by atoms with Crippen LogP contribution in [0.15, 0.2) is 0 Å². The van der Waals surface area contributed by atoms with Crippen LogP contribution in [-0.2, 0) is 10.2 Å². The smallest absolute Gasteiger partial charge is 0.274 e. The normalized spacial score (nSPS) is 29.0. The predicted octanol–water partition coefficient (Wildman–Crippen LogP) is -0.455. The van der Waals surface area contributed by atoms with E-state index in [9.17, 15) is 8.42 Å². The van der Waals surface area contributed by atoms with Crippen LogP contribution < -0.4 is 15.6 Å². The first-order valence-electron chi connectivity index (χ1n) is 5.00. The maximum Gasteiger partial charge on any atom is 0.274 e. The quantitative estimate of drug-likeness (QED) is 0.599. The molecule has 0 heterocycles. The maximum atomic E-state index is 10.7. The van der Waals surface area contributed by atoms with Crippen molar-refractivity contribution in [3.05, 3.63) is 0 Å². The molecule has 0 aliphatic heterocycles. The van der Waals surface area contributed by atoms with Crippen LogP contribution in [-0.4, -0.2) is 21.5 Å². The second kappa shape index (κ2) is 5.06. The molecule has 1 rings (SSSR count). The Hall–Kier alpha value is -0.170. The molecule has 1 fully saturated rings. The molecule has 0 aromatic heterocycles. The van der Waals surface area contributed by atoms with E-state index < -0.39 is 10.2 Å². The summed E-state index contributed by atoms with van der Waals surface area (Å²) in [6, 6.07) is 0. The summed E-state index contributed by atoms with van der Waals surface area (Å²) in [6.07, 6.45) is 4.51. The molecule has 5 N–H and O–H groups in total. The average molecular weight is 221 g/mol. The third kappa shape index (κ3) is 3.91. The molecular formula is C8H19N3O2S.